The van der Waals surface area contributed by atoms with Gasteiger partial charge in [-0.15, -0.1) is 10.2 Å². The molecule has 0 saturated carbocycles. The van der Waals surface area contributed by atoms with Crippen LogP contribution < -0.4 is 5.32 Å². The van der Waals surface area contributed by atoms with Crippen molar-refractivity contribution in [2.75, 3.05) is 11.1 Å². The topological polar surface area (TPSA) is 85.6 Å². The SMILES string of the molecule is CCn1c(CSc2nc(C)cc(C)n2)nnc1SCC(=O)Nc1cccc(Cl)c1. The molecule has 0 saturated heterocycles. The van der Waals surface area contributed by atoms with Crippen LogP contribution in [-0.4, -0.2) is 36.4 Å². The van der Waals surface area contributed by atoms with Crippen molar-refractivity contribution in [3.05, 3.63) is 52.6 Å². The lowest BCUT2D eigenvalue weighted by atomic mass is 10.3. The molecule has 152 valence electrons. The number of halogens is 1. The average Bonchev–Trinajstić information content (AvgIpc) is 3.06. The highest BCUT2D eigenvalue weighted by Crippen LogP contribution is 2.23. The second-order valence-corrected chi connectivity index (χ2v) is 8.53. The third-order valence-corrected chi connectivity index (χ3v) is 5.89. The van der Waals surface area contributed by atoms with E-state index in [4.69, 9.17) is 11.6 Å². The Morgan fingerprint density at radius 3 is 2.59 bits per heavy atom. The molecule has 0 radical (unpaired) electrons. The number of aryl methyl sites for hydroxylation is 2. The van der Waals surface area contributed by atoms with Gasteiger partial charge in [0.1, 0.15) is 5.82 Å². The van der Waals surface area contributed by atoms with Crippen LogP contribution in [0.4, 0.5) is 5.69 Å². The van der Waals surface area contributed by atoms with E-state index in [1.165, 1.54) is 23.5 Å². The first-order valence-corrected chi connectivity index (χ1v) is 11.3. The maximum Gasteiger partial charge on any atom is 0.234 e. The number of nitrogens with zero attached hydrogens (tertiary/aromatic N) is 5. The maximum absolute atomic E-state index is 12.2. The first-order valence-electron chi connectivity index (χ1n) is 9.00. The molecule has 3 rings (SSSR count). The van der Waals surface area contributed by atoms with Crippen LogP contribution in [0.2, 0.25) is 5.02 Å². The van der Waals surface area contributed by atoms with Gasteiger partial charge >= 0.3 is 0 Å². The van der Waals surface area contributed by atoms with Gasteiger partial charge in [0.15, 0.2) is 10.3 Å². The number of carbonyl (C=O) groups excluding carboxylic acids is 1. The van der Waals surface area contributed by atoms with E-state index in [0.29, 0.717) is 21.6 Å². The molecule has 0 aliphatic heterocycles. The van der Waals surface area contributed by atoms with Crippen molar-refractivity contribution < 1.29 is 4.79 Å². The van der Waals surface area contributed by atoms with Crippen molar-refractivity contribution in [1.82, 2.24) is 24.7 Å². The minimum Gasteiger partial charge on any atom is -0.325 e. The van der Waals surface area contributed by atoms with Gasteiger partial charge in [0.2, 0.25) is 5.91 Å². The quantitative estimate of drug-likeness (QED) is 0.404. The Bertz CT molecular complexity index is 990. The van der Waals surface area contributed by atoms with Gasteiger partial charge in [-0.3, -0.25) is 4.79 Å². The van der Waals surface area contributed by atoms with Crippen LogP contribution in [0, 0.1) is 13.8 Å². The van der Waals surface area contributed by atoms with Gasteiger partial charge in [-0.2, -0.15) is 0 Å². The van der Waals surface area contributed by atoms with Crippen LogP contribution in [0.15, 0.2) is 40.6 Å². The molecule has 0 aliphatic rings. The Labute approximate surface area is 183 Å². The number of nitrogens with one attached hydrogen (secondary N) is 1. The lowest BCUT2D eigenvalue weighted by Gasteiger charge is -2.08. The van der Waals surface area contributed by atoms with Crippen LogP contribution in [-0.2, 0) is 17.1 Å². The van der Waals surface area contributed by atoms with E-state index in [-0.39, 0.29) is 11.7 Å². The molecule has 2 heterocycles. The van der Waals surface area contributed by atoms with Gasteiger partial charge in [-0.25, -0.2) is 9.97 Å². The second kappa shape index (κ2) is 10.1. The van der Waals surface area contributed by atoms with Crippen LogP contribution in [0.25, 0.3) is 0 Å². The molecule has 7 nitrogen and oxygen atoms in total. The van der Waals surface area contributed by atoms with E-state index in [9.17, 15) is 4.79 Å². The summed E-state index contributed by atoms with van der Waals surface area (Å²) in [5.74, 6) is 1.55. The molecular weight excluding hydrogens is 428 g/mol. The van der Waals surface area contributed by atoms with Gasteiger partial charge in [0.05, 0.1) is 11.5 Å². The predicted molar refractivity (Wildman–Crippen MR) is 118 cm³/mol. The molecular formula is C19H21ClN6OS2. The Morgan fingerprint density at radius 2 is 1.90 bits per heavy atom. The van der Waals surface area contributed by atoms with Crippen molar-refractivity contribution >= 4 is 46.7 Å². The normalized spacial score (nSPS) is 10.9. The van der Waals surface area contributed by atoms with Gasteiger partial charge < -0.3 is 9.88 Å². The third kappa shape index (κ3) is 6.19. The van der Waals surface area contributed by atoms with E-state index in [0.717, 1.165) is 28.9 Å². The van der Waals surface area contributed by atoms with Gasteiger partial charge in [0.25, 0.3) is 0 Å². The number of aromatic nitrogens is 5. The zero-order valence-electron chi connectivity index (χ0n) is 16.3. The predicted octanol–water partition coefficient (Wildman–Crippen LogP) is 4.38. The summed E-state index contributed by atoms with van der Waals surface area (Å²) in [7, 11) is 0. The molecule has 0 aliphatic carbocycles. The third-order valence-electron chi connectivity index (χ3n) is 3.84. The van der Waals surface area contributed by atoms with Crippen molar-refractivity contribution in [2.45, 2.75) is 43.4 Å². The summed E-state index contributed by atoms with van der Waals surface area (Å²) in [6.45, 7) is 6.66. The number of thioether (sulfide) groups is 2. The zero-order valence-corrected chi connectivity index (χ0v) is 18.7. The van der Waals surface area contributed by atoms with Crippen molar-refractivity contribution in [3.8, 4) is 0 Å². The molecule has 1 aromatic carbocycles. The number of benzene rings is 1. The second-order valence-electron chi connectivity index (χ2n) is 6.21. The molecule has 29 heavy (non-hydrogen) atoms. The lowest BCUT2D eigenvalue weighted by Crippen LogP contribution is -2.14. The molecule has 0 atom stereocenters. The van der Waals surface area contributed by atoms with Crippen molar-refractivity contribution in [1.29, 1.82) is 0 Å². The summed E-state index contributed by atoms with van der Waals surface area (Å²) in [5.41, 5.74) is 2.56. The zero-order chi connectivity index (χ0) is 20.8. The van der Waals surface area contributed by atoms with Crippen molar-refractivity contribution in [3.63, 3.8) is 0 Å². The average molecular weight is 449 g/mol. The van der Waals surface area contributed by atoms with Crippen molar-refractivity contribution in [2.24, 2.45) is 0 Å². The number of hydrogen-bond acceptors (Lipinski definition) is 7. The van der Waals surface area contributed by atoms with Gasteiger partial charge in [-0.1, -0.05) is 41.2 Å². The molecule has 3 aromatic rings. The number of amides is 1. The largest absolute Gasteiger partial charge is 0.325 e. The number of hydrogen-bond donors (Lipinski definition) is 1. The minimum atomic E-state index is -0.123. The molecule has 1 N–H and O–H groups in total. The number of rotatable bonds is 8. The van der Waals surface area contributed by atoms with Crippen LogP contribution in [0.5, 0.6) is 0 Å². The molecule has 0 bridgehead atoms. The Morgan fingerprint density at radius 1 is 1.14 bits per heavy atom. The highest BCUT2D eigenvalue weighted by molar-refractivity contribution is 7.99. The monoisotopic (exact) mass is 448 g/mol. The summed E-state index contributed by atoms with van der Waals surface area (Å²) >= 11 is 8.83. The smallest absolute Gasteiger partial charge is 0.234 e. The fourth-order valence-corrected chi connectivity index (χ4v) is 4.53. The Kier molecular flexibility index (Phi) is 7.51. The minimum absolute atomic E-state index is 0.123. The van der Waals surface area contributed by atoms with E-state index >= 15 is 0 Å². The number of anilines is 1. The van der Waals surface area contributed by atoms with Crippen LogP contribution >= 0.6 is 35.1 Å². The van der Waals surface area contributed by atoms with Crippen LogP contribution in [0.1, 0.15) is 24.1 Å². The maximum atomic E-state index is 12.2. The highest BCUT2D eigenvalue weighted by Gasteiger charge is 2.14. The summed E-state index contributed by atoms with van der Waals surface area (Å²) < 4.78 is 2.01. The highest BCUT2D eigenvalue weighted by atomic mass is 35.5. The molecule has 10 heteroatoms. The van der Waals surface area contributed by atoms with Crippen LogP contribution in [0.3, 0.4) is 0 Å². The van der Waals surface area contributed by atoms with E-state index in [2.05, 4.69) is 25.5 Å². The first-order chi connectivity index (χ1) is 13.9. The van der Waals surface area contributed by atoms with Gasteiger partial charge in [0, 0.05) is 28.6 Å². The molecule has 2 aromatic heterocycles. The Hall–Kier alpha value is -2.10. The summed E-state index contributed by atoms with van der Waals surface area (Å²) in [6.07, 6.45) is 0. The molecule has 0 fully saturated rings. The summed E-state index contributed by atoms with van der Waals surface area (Å²) in [4.78, 5) is 21.1. The standard InChI is InChI=1S/C19H21ClN6OS2/c1-4-26-16(10-28-18-21-12(2)8-13(3)22-18)24-25-19(26)29-11-17(27)23-15-7-5-6-14(20)9-15/h5-9H,4,10-11H2,1-3H3,(H,23,27). The number of carbonyl (C=O) groups is 1. The summed E-state index contributed by atoms with van der Waals surface area (Å²) in [5, 5.41) is 13.4. The molecule has 0 spiro atoms. The van der Waals surface area contributed by atoms with E-state index < -0.39 is 0 Å². The fourth-order valence-electron chi connectivity index (χ4n) is 2.63. The first kappa shape index (κ1) is 21.6. The fraction of sp³-hybridized carbons (Fsp3) is 0.316. The Balaban J connectivity index is 1.59. The van der Waals surface area contributed by atoms with E-state index in [1.54, 1.807) is 24.3 Å². The van der Waals surface area contributed by atoms with Gasteiger partial charge in [-0.05, 0) is 45.0 Å². The summed E-state index contributed by atoms with van der Waals surface area (Å²) in [6, 6.07) is 9.01. The lowest BCUT2D eigenvalue weighted by molar-refractivity contribution is -0.113. The molecule has 0 unspecified atom stereocenters. The van der Waals surface area contributed by atoms with E-state index in [1.807, 2.05) is 31.4 Å². The molecule has 1 amide bonds.